The molecular formula is C19H20F2N2O3. The first-order valence-corrected chi connectivity index (χ1v) is 8.16. The highest BCUT2D eigenvalue weighted by atomic mass is 19.1. The van der Waals surface area contributed by atoms with Gasteiger partial charge in [-0.25, -0.2) is 13.6 Å². The number of carbonyl (C=O) groups is 2. The van der Waals surface area contributed by atoms with Crippen LogP contribution in [0.4, 0.5) is 14.5 Å². The molecule has 0 fully saturated rings. The Bertz CT molecular complexity index is 796. The molecule has 0 unspecified atom stereocenters. The fraction of sp³-hybridized carbons (Fsp3) is 0.263. The van der Waals surface area contributed by atoms with Gasteiger partial charge in [0.2, 0.25) is 5.91 Å². The van der Waals surface area contributed by atoms with Gasteiger partial charge in [0.1, 0.15) is 11.6 Å². The third-order valence-corrected chi connectivity index (χ3v) is 3.69. The van der Waals surface area contributed by atoms with Crippen molar-refractivity contribution in [3.63, 3.8) is 0 Å². The number of halogens is 2. The Labute approximate surface area is 150 Å². The van der Waals surface area contributed by atoms with E-state index in [4.69, 9.17) is 4.74 Å². The summed E-state index contributed by atoms with van der Waals surface area (Å²) in [6.45, 7) is 3.47. The van der Waals surface area contributed by atoms with Crippen LogP contribution in [0.1, 0.15) is 35.8 Å². The summed E-state index contributed by atoms with van der Waals surface area (Å²) < 4.78 is 31.7. The first kappa shape index (κ1) is 19.5. The third kappa shape index (κ3) is 5.10. The van der Waals surface area contributed by atoms with Crippen molar-refractivity contribution < 1.29 is 23.1 Å². The van der Waals surface area contributed by atoms with Crippen LogP contribution in [-0.4, -0.2) is 25.0 Å². The lowest BCUT2D eigenvalue weighted by Crippen LogP contribution is -2.31. The quantitative estimate of drug-likeness (QED) is 0.741. The molecule has 2 rings (SSSR count). The molecule has 2 N–H and O–H groups in total. The number of rotatable bonds is 7. The van der Waals surface area contributed by atoms with Crippen LogP contribution in [0.5, 0.6) is 0 Å². The smallest absolute Gasteiger partial charge is 0.340 e. The molecule has 0 aromatic heterocycles. The molecule has 7 heteroatoms. The van der Waals surface area contributed by atoms with E-state index >= 15 is 0 Å². The zero-order valence-corrected chi connectivity index (χ0v) is 14.5. The van der Waals surface area contributed by atoms with E-state index in [1.54, 1.807) is 38.1 Å². The van der Waals surface area contributed by atoms with Gasteiger partial charge in [-0.3, -0.25) is 4.79 Å². The SMILES string of the molecule is CCOC(=O)c1ccccc1NC(=O)CN[C@H](C)c1ccc(F)cc1F. The predicted octanol–water partition coefficient (Wildman–Crippen LogP) is 3.43. The monoisotopic (exact) mass is 362 g/mol. The molecule has 0 aliphatic carbocycles. The van der Waals surface area contributed by atoms with Crippen LogP contribution in [-0.2, 0) is 9.53 Å². The Balaban J connectivity index is 1.98. The third-order valence-electron chi connectivity index (χ3n) is 3.69. The normalized spacial score (nSPS) is 11.7. The van der Waals surface area contributed by atoms with Crippen molar-refractivity contribution in [2.45, 2.75) is 19.9 Å². The number of ether oxygens (including phenoxy) is 1. The van der Waals surface area contributed by atoms with Crippen LogP contribution in [0.15, 0.2) is 42.5 Å². The van der Waals surface area contributed by atoms with Crippen molar-refractivity contribution in [3.05, 3.63) is 65.2 Å². The van der Waals surface area contributed by atoms with Gasteiger partial charge in [0, 0.05) is 17.7 Å². The van der Waals surface area contributed by atoms with E-state index in [1.165, 1.54) is 6.07 Å². The van der Waals surface area contributed by atoms with Crippen molar-refractivity contribution in [2.24, 2.45) is 0 Å². The first-order valence-electron chi connectivity index (χ1n) is 8.16. The van der Waals surface area contributed by atoms with Gasteiger partial charge in [-0.15, -0.1) is 0 Å². The van der Waals surface area contributed by atoms with Crippen LogP contribution in [0.25, 0.3) is 0 Å². The summed E-state index contributed by atoms with van der Waals surface area (Å²) in [6, 6.07) is 9.28. The fourth-order valence-corrected chi connectivity index (χ4v) is 2.38. The average Bonchev–Trinajstić information content (AvgIpc) is 2.60. The minimum Gasteiger partial charge on any atom is -0.462 e. The Kier molecular flexibility index (Phi) is 6.80. The molecule has 0 aliphatic heterocycles. The van der Waals surface area contributed by atoms with Crippen molar-refractivity contribution in [1.29, 1.82) is 0 Å². The lowest BCUT2D eigenvalue weighted by molar-refractivity contribution is -0.115. The lowest BCUT2D eigenvalue weighted by atomic mass is 10.1. The van der Waals surface area contributed by atoms with Crippen LogP contribution in [0, 0.1) is 11.6 Å². The second-order valence-corrected chi connectivity index (χ2v) is 5.58. The maximum atomic E-state index is 13.8. The molecule has 26 heavy (non-hydrogen) atoms. The Morgan fingerprint density at radius 2 is 1.88 bits per heavy atom. The number of nitrogens with one attached hydrogen (secondary N) is 2. The number of para-hydroxylation sites is 1. The van der Waals surface area contributed by atoms with Crippen LogP contribution < -0.4 is 10.6 Å². The largest absolute Gasteiger partial charge is 0.462 e. The van der Waals surface area contributed by atoms with Gasteiger partial charge in [-0.1, -0.05) is 18.2 Å². The fourth-order valence-electron chi connectivity index (χ4n) is 2.38. The van der Waals surface area contributed by atoms with Crippen molar-refractivity contribution in [1.82, 2.24) is 5.32 Å². The van der Waals surface area contributed by atoms with Gasteiger partial charge in [-0.05, 0) is 32.0 Å². The summed E-state index contributed by atoms with van der Waals surface area (Å²) in [5, 5.41) is 5.49. The van der Waals surface area contributed by atoms with Gasteiger partial charge in [-0.2, -0.15) is 0 Å². The molecule has 0 saturated carbocycles. The molecule has 2 aromatic carbocycles. The van der Waals surface area contributed by atoms with E-state index in [2.05, 4.69) is 10.6 Å². The van der Waals surface area contributed by atoms with Crippen LogP contribution in [0.2, 0.25) is 0 Å². The van der Waals surface area contributed by atoms with Gasteiger partial charge < -0.3 is 15.4 Å². The van der Waals surface area contributed by atoms with E-state index in [0.29, 0.717) is 5.69 Å². The zero-order chi connectivity index (χ0) is 19.1. The summed E-state index contributed by atoms with van der Waals surface area (Å²) in [7, 11) is 0. The first-order chi connectivity index (χ1) is 12.4. The number of esters is 1. The molecule has 138 valence electrons. The Morgan fingerprint density at radius 3 is 2.58 bits per heavy atom. The highest BCUT2D eigenvalue weighted by molar-refractivity contribution is 6.01. The second-order valence-electron chi connectivity index (χ2n) is 5.58. The Hall–Kier alpha value is -2.80. The number of anilines is 1. The molecular weight excluding hydrogens is 342 g/mol. The molecule has 1 atom stereocenters. The molecule has 0 bridgehead atoms. The molecule has 0 aliphatic rings. The molecule has 2 aromatic rings. The molecule has 1 amide bonds. The zero-order valence-electron chi connectivity index (χ0n) is 14.5. The summed E-state index contributed by atoms with van der Waals surface area (Å²) in [4.78, 5) is 24.0. The average molecular weight is 362 g/mol. The van der Waals surface area contributed by atoms with Crippen molar-refractivity contribution >= 4 is 17.6 Å². The molecule has 0 heterocycles. The number of amides is 1. The van der Waals surface area contributed by atoms with E-state index in [0.717, 1.165) is 12.1 Å². The van der Waals surface area contributed by atoms with Crippen molar-refractivity contribution in [3.8, 4) is 0 Å². The highest BCUT2D eigenvalue weighted by Crippen LogP contribution is 2.18. The number of hydrogen-bond acceptors (Lipinski definition) is 4. The van der Waals surface area contributed by atoms with Gasteiger partial charge >= 0.3 is 5.97 Å². The van der Waals surface area contributed by atoms with Crippen molar-refractivity contribution in [2.75, 3.05) is 18.5 Å². The molecule has 0 radical (unpaired) electrons. The van der Waals surface area contributed by atoms with Gasteiger partial charge in [0.25, 0.3) is 0 Å². The number of hydrogen-bond donors (Lipinski definition) is 2. The van der Waals surface area contributed by atoms with Gasteiger partial charge in [0.05, 0.1) is 24.4 Å². The van der Waals surface area contributed by atoms with E-state index in [9.17, 15) is 18.4 Å². The van der Waals surface area contributed by atoms with Crippen LogP contribution >= 0.6 is 0 Å². The summed E-state index contributed by atoms with van der Waals surface area (Å²) in [5.74, 6) is -2.28. The second kappa shape index (κ2) is 9.05. The molecule has 0 spiro atoms. The Morgan fingerprint density at radius 1 is 1.15 bits per heavy atom. The summed E-state index contributed by atoms with van der Waals surface area (Å²) in [6.07, 6.45) is 0. The molecule has 5 nitrogen and oxygen atoms in total. The van der Waals surface area contributed by atoms with Gasteiger partial charge in [0.15, 0.2) is 0 Å². The maximum Gasteiger partial charge on any atom is 0.340 e. The van der Waals surface area contributed by atoms with E-state index in [1.807, 2.05) is 0 Å². The van der Waals surface area contributed by atoms with Crippen LogP contribution in [0.3, 0.4) is 0 Å². The molecule has 0 saturated heterocycles. The highest BCUT2D eigenvalue weighted by Gasteiger charge is 2.16. The minimum absolute atomic E-state index is 0.116. The number of carbonyl (C=O) groups excluding carboxylic acids is 2. The summed E-state index contributed by atoms with van der Waals surface area (Å²) >= 11 is 0. The minimum atomic E-state index is -0.682. The lowest BCUT2D eigenvalue weighted by Gasteiger charge is -2.15. The topological polar surface area (TPSA) is 67.4 Å². The standard InChI is InChI=1S/C19H20F2N2O3/c1-3-26-19(25)15-6-4-5-7-17(15)23-18(24)11-22-12(2)14-9-8-13(20)10-16(14)21/h4-10,12,22H,3,11H2,1-2H3,(H,23,24)/t12-/m1/s1. The summed E-state index contributed by atoms with van der Waals surface area (Å²) in [5.41, 5.74) is 0.838. The maximum absolute atomic E-state index is 13.8. The van der Waals surface area contributed by atoms with E-state index < -0.39 is 29.6 Å². The number of benzene rings is 2. The van der Waals surface area contributed by atoms with E-state index in [-0.39, 0.29) is 24.3 Å². The predicted molar refractivity (Wildman–Crippen MR) is 93.8 cm³/mol.